The summed E-state index contributed by atoms with van der Waals surface area (Å²) in [4.78, 5) is 15.7. The van der Waals surface area contributed by atoms with Crippen molar-refractivity contribution in [1.29, 1.82) is 0 Å². The van der Waals surface area contributed by atoms with Crippen LogP contribution >= 0.6 is 0 Å². The van der Waals surface area contributed by atoms with E-state index in [-0.39, 0.29) is 5.91 Å². The molecule has 5 heteroatoms. The summed E-state index contributed by atoms with van der Waals surface area (Å²) in [5.74, 6) is 0.321. The van der Waals surface area contributed by atoms with Crippen LogP contribution in [0.2, 0.25) is 0 Å². The van der Waals surface area contributed by atoms with Crippen LogP contribution in [0.25, 0.3) is 0 Å². The second-order valence-electron chi connectivity index (χ2n) is 3.23. The number of hydrogen-bond donors (Lipinski definition) is 1. The van der Waals surface area contributed by atoms with Crippen molar-refractivity contribution in [2.45, 2.75) is 0 Å². The first-order valence-corrected chi connectivity index (χ1v) is 4.68. The number of imidazole rings is 1. The molecule has 0 aliphatic carbocycles. The zero-order valence-corrected chi connectivity index (χ0v) is 8.75. The SMILES string of the molecule is COc1cc(C(=O)n2ccnc2)ccc1N. The minimum Gasteiger partial charge on any atom is -0.495 e. The number of aromatic nitrogens is 2. The molecule has 16 heavy (non-hydrogen) atoms. The largest absolute Gasteiger partial charge is 0.495 e. The molecule has 0 aliphatic heterocycles. The van der Waals surface area contributed by atoms with E-state index in [9.17, 15) is 4.79 Å². The molecule has 1 aromatic heterocycles. The molecular formula is C11H11N3O2. The molecule has 0 saturated carbocycles. The Morgan fingerprint density at radius 2 is 2.31 bits per heavy atom. The molecule has 0 aliphatic rings. The van der Waals surface area contributed by atoms with Gasteiger partial charge in [0.25, 0.3) is 5.91 Å². The molecule has 82 valence electrons. The van der Waals surface area contributed by atoms with Crippen LogP contribution < -0.4 is 10.5 Å². The normalized spacial score (nSPS) is 10.1. The van der Waals surface area contributed by atoms with Crippen LogP contribution in [0.5, 0.6) is 5.75 Å². The standard InChI is InChI=1S/C11H11N3O2/c1-16-10-6-8(2-3-9(10)12)11(15)14-5-4-13-7-14/h2-7H,12H2,1H3. The fraction of sp³-hybridized carbons (Fsp3) is 0.0909. The summed E-state index contributed by atoms with van der Waals surface area (Å²) in [5, 5.41) is 0. The molecule has 1 heterocycles. The number of nitrogens with zero attached hydrogens (tertiary/aromatic N) is 2. The van der Waals surface area contributed by atoms with Crippen molar-refractivity contribution in [3.8, 4) is 5.75 Å². The van der Waals surface area contributed by atoms with Gasteiger partial charge in [-0.05, 0) is 18.2 Å². The van der Waals surface area contributed by atoms with E-state index < -0.39 is 0 Å². The Bertz CT molecular complexity index is 506. The zero-order valence-electron chi connectivity index (χ0n) is 8.75. The van der Waals surface area contributed by atoms with Gasteiger partial charge in [0.1, 0.15) is 12.1 Å². The number of methoxy groups -OCH3 is 1. The van der Waals surface area contributed by atoms with E-state index in [4.69, 9.17) is 10.5 Å². The molecular weight excluding hydrogens is 206 g/mol. The van der Waals surface area contributed by atoms with Crippen LogP contribution in [0.3, 0.4) is 0 Å². The predicted octanol–water partition coefficient (Wildman–Crippen LogP) is 1.16. The lowest BCUT2D eigenvalue weighted by molar-refractivity contribution is 0.0959. The molecule has 0 spiro atoms. The van der Waals surface area contributed by atoms with E-state index in [0.29, 0.717) is 17.0 Å². The van der Waals surface area contributed by atoms with E-state index in [1.807, 2.05) is 0 Å². The van der Waals surface area contributed by atoms with Gasteiger partial charge in [-0.25, -0.2) is 4.98 Å². The first-order valence-electron chi connectivity index (χ1n) is 4.68. The van der Waals surface area contributed by atoms with Gasteiger partial charge >= 0.3 is 0 Å². The first-order chi connectivity index (χ1) is 7.72. The second-order valence-corrected chi connectivity index (χ2v) is 3.23. The van der Waals surface area contributed by atoms with Crippen LogP contribution in [0, 0.1) is 0 Å². The fourth-order valence-electron chi connectivity index (χ4n) is 1.37. The number of nitrogens with two attached hydrogens (primary N) is 1. The number of nitrogen functional groups attached to an aromatic ring is 1. The van der Waals surface area contributed by atoms with E-state index in [1.54, 1.807) is 30.6 Å². The summed E-state index contributed by atoms with van der Waals surface area (Å²) >= 11 is 0. The third kappa shape index (κ3) is 1.75. The van der Waals surface area contributed by atoms with Gasteiger partial charge in [-0.1, -0.05) is 0 Å². The highest BCUT2D eigenvalue weighted by molar-refractivity contribution is 5.96. The van der Waals surface area contributed by atoms with Crippen molar-refractivity contribution in [3.05, 3.63) is 42.5 Å². The summed E-state index contributed by atoms with van der Waals surface area (Å²) in [7, 11) is 1.51. The van der Waals surface area contributed by atoms with Crippen molar-refractivity contribution >= 4 is 11.6 Å². The Hall–Kier alpha value is -2.30. The van der Waals surface area contributed by atoms with Crippen molar-refractivity contribution in [3.63, 3.8) is 0 Å². The third-order valence-corrected chi connectivity index (χ3v) is 2.22. The zero-order chi connectivity index (χ0) is 11.5. The van der Waals surface area contributed by atoms with Gasteiger partial charge < -0.3 is 10.5 Å². The average molecular weight is 217 g/mol. The lowest BCUT2D eigenvalue weighted by Gasteiger charge is -2.06. The molecule has 2 N–H and O–H groups in total. The monoisotopic (exact) mass is 217 g/mol. The van der Waals surface area contributed by atoms with Gasteiger partial charge in [0, 0.05) is 18.0 Å². The molecule has 0 amide bonds. The van der Waals surface area contributed by atoms with Gasteiger partial charge in [-0.2, -0.15) is 0 Å². The highest BCUT2D eigenvalue weighted by atomic mass is 16.5. The van der Waals surface area contributed by atoms with E-state index in [0.717, 1.165) is 0 Å². The molecule has 0 unspecified atom stereocenters. The first kappa shape index (κ1) is 10.2. The van der Waals surface area contributed by atoms with Gasteiger partial charge in [0.2, 0.25) is 0 Å². The van der Waals surface area contributed by atoms with Crippen LogP contribution in [0.15, 0.2) is 36.9 Å². The summed E-state index contributed by atoms with van der Waals surface area (Å²) in [6.45, 7) is 0. The number of carbonyl (C=O) groups is 1. The molecule has 0 atom stereocenters. The predicted molar refractivity (Wildman–Crippen MR) is 59.4 cm³/mol. The number of rotatable bonds is 2. The minimum absolute atomic E-state index is 0.171. The molecule has 0 fully saturated rings. The van der Waals surface area contributed by atoms with Crippen LogP contribution in [0.1, 0.15) is 10.4 Å². The number of benzene rings is 1. The summed E-state index contributed by atoms with van der Waals surface area (Å²) in [6.07, 6.45) is 4.59. The van der Waals surface area contributed by atoms with Gasteiger partial charge in [-0.3, -0.25) is 9.36 Å². The Labute approximate surface area is 92.5 Å². The average Bonchev–Trinajstić information content (AvgIpc) is 2.82. The molecule has 0 bridgehead atoms. The summed E-state index contributed by atoms with van der Waals surface area (Å²) < 4.78 is 6.44. The maximum absolute atomic E-state index is 11.9. The third-order valence-electron chi connectivity index (χ3n) is 2.22. The second kappa shape index (κ2) is 4.06. The van der Waals surface area contributed by atoms with Crippen molar-refractivity contribution in [2.75, 3.05) is 12.8 Å². The fourth-order valence-corrected chi connectivity index (χ4v) is 1.37. The molecule has 0 saturated heterocycles. The van der Waals surface area contributed by atoms with Gasteiger partial charge in [0.05, 0.1) is 12.8 Å². The van der Waals surface area contributed by atoms with Gasteiger partial charge in [-0.15, -0.1) is 0 Å². The van der Waals surface area contributed by atoms with Crippen LogP contribution in [-0.2, 0) is 0 Å². The van der Waals surface area contributed by atoms with Crippen LogP contribution in [0.4, 0.5) is 5.69 Å². The van der Waals surface area contributed by atoms with Crippen molar-refractivity contribution in [2.24, 2.45) is 0 Å². The Morgan fingerprint density at radius 1 is 1.50 bits per heavy atom. The Kier molecular flexibility index (Phi) is 2.59. The molecule has 1 aromatic carbocycles. The van der Waals surface area contributed by atoms with E-state index in [1.165, 1.54) is 18.0 Å². The highest BCUT2D eigenvalue weighted by Gasteiger charge is 2.10. The maximum Gasteiger partial charge on any atom is 0.263 e. The van der Waals surface area contributed by atoms with Crippen molar-refractivity contribution < 1.29 is 9.53 Å². The Balaban J connectivity index is 2.38. The highest BCUT2D eigenvalue weighted by Crippen LogP contribution is 2.22. The van der Waals surface area contributed by atoms with E-state index >= 15 is 0 Å². The minimum atomic E-state index is -0.171. The smallest absolute Gasteiger partial charge is 0.263 e. The molecule has 5 nitrogen and oxygen atoms in total. The van der Waals surface area contributed by atoms with E-state index in [2.05, 4.69) is 4.98 Å². The Morgan fingerprint density at radius 3 is 2.94 bits per heavy atom. The van der Waals surface area contributed by atoms with Crippen molar-refractivity contribution in [1.82, 2.24) is 9.55 Å². The number of ether oxygens (including phenoxy) is 1. The molecule has 2 rings (SSSR count). The summed E-state index contributed by atoms with van der Waals surface area (Å²) in [5.41, 5.74) is 6.67. The van der Waals surface area contributed by atoms with Gasteiger partial charge in [0.15, 0.2) is 0 Å². The number of hydrogen-bond acceptors (Lipinski definition) is 4. The maximum atomic E-state index is 11.9. The number of anilines is 1. The molecule has 2 aromatic rings. The lowest BCUT2D eigenvalue weighted by Crippen LogP contribution is -2.10. The summed E-state index contributed by atoms with van der Waals surface area (Å²) in [6, 6.07) is 4.90. The quantitative estimate of drug-likeness (QED) is 0.766. The topological polar surface area (TPSA) is 70.1 Å². The molecule has 0 radical (unpaired) electrons. The number of carbonyl (C=O) groups excluding carboxylic acids is 1. The van der Waals surface area contributed by atoms with Crippen LogP contribution in [-0.4, -0.2) is 22.6 Å². The lowest BCUT2D eigenvalue weighted by atomic mass is 10.2.